The Morgan fingerprint density at radius 2 is 1.50 bits per heavy atom. The van der Waals surface area contributed by atoms with Crippen LogP contribution in [0.15, 0.2) is 0 Å². The Hall–Kier alpha value is 0.447. The van der Waals surface area contributed by atoms with Crippen molar-refractivity contribution in [3.63, 3.8) is 0 Å². The first-order valence-corrected chi connectivity index (χ1v) is 6.47. The summed E-state index contributed by atoms with van der Waals surface area (Å²) < 4.78 is 15.4. The van der Waals surface area contributed by atoms with Gasteiger partial charge in [-0.15, -0.1) is 0 Å². The van der Waals surface area contributed by atoms with Crippen molar-refractivity contribution in [2.24, 2.45) is 0 Å². The molecule has 10 heavy (non-hydrogen) atoms. The van der Waals surface area contributed by atoms with Crippen molar-refractivity contribution >= 4 is 19.2 Å². The third-order valence-corrected chi connectivity index (χ3v) is 6.64. The van der Waals surface area contributed by atoms with Crippen LogP contribution in [0.1, 0.15) is 6.92 Å². The molecule has 0 aliphatic rings. The van der Waals surface area contributed by atoms with Gasteiger partial charge in [-0.3, -0.25) is 0 Å². The molecule has 0 heterocycles. The summed E-state index contributed by atoms with van der Waals surface area (Å²) in [5, 5.41) is 0. The van der Waals surface area contributed by atoms with E-state index in [0.29, 0.717) is 0 Å². The van der Waals surface area contributed by atoms with Crippen LogP contribution in [0.2, 0.25) is 0 Å². The Morgan fingerprint density at radius 1 is 1.10 bits per heavy atom. The van der Waals surface area contributed by atoms with Gasteiger partial charge in [-0.2, -0.15) is 0 Å². The van der Waals surface area contributed by atoms with Crippen molar-refractivity contribution in [3.8, 4) is 0 Å². The molecular formula is C5H14O3SSi. The second-order valence-corrected chi connectivity index (χ2v) is 7.00. The highest BCUT2D eigenvalue weighted by Crippen LogP contribution is 2.21. The molecule has 0 spiro atoms. The van der Waals surface area contributed by atoms with E-state index in [1.807, 2.05) is 6.92 Å². The molecule has 0 aromatic carbocycles. The summed E-state index contributed by atoms with van der Waals surface area (Å²) >= 11 is 1.60. The average molecular weight is 182 g/mol. The smallest absolute Gasteiger partial charge is 0.369 e. The van der Waals surface area contributed by atoms with Crippen LogP contribution in [0.3, 0.4) is 0 Å². The van der Waals surface area contributed by atoms with Gasteiger partial charge in [0.25, 0.3) is 0 Å². The van der Waals surface area contributed by atoms with Gasteiger partial charge in [0.15, 0.2) is 0 Å². The van der Waals surface area contributed by atoms with Crippen LogP contribution in [-0.2, 0) is 13.3 Å². The zero-order chi connectivity index (χ0) is 8.04. The molecule has 0 amide bonds. The molecule has 3 nitrogen and oxygen atoms in total. The molecule has 0 rings (SSSR count). The van der Waals surface area contributed by atoms with Gasteiger partial charge in [0, 0.05) is 21.3 Å². The van der Waals surface area contributed by atoms with Crippen LogP contribution >= 0.6 is 11.2 Å². The topological polar surface area (TPSA) is 27.7 Å². The van der Waals surface area contributed by atoms with Gasteiger partial charge in [0.05, 0.1) is 0 Å². The first-order valence-electron chi connectivity index (χ1n) is 3.04. The Bertz CT molecular complexity index is 78.7. The van der Waals surface area contributed by atoms with Crippen LogP contribution in [-0.4, -0.2) is 35.0 Å². The van der Waals surface area contributed by atoms with E-state index in [0.717, 1.165) is 5.75 Å². The van der Waals surface area contributed by atoms with Crippen molar-refractivity contribution in [2.45, 2.75) is 6.92 Å². The van der Waals surface area contributed by atoms with E-state index in [4.69, 9.17) is 13.3 Å². The largest absolute Gasteiger partial charge is 0.572 e. The lowest BCUT2D eigenvalue weighted by molar-refractivity contribution is 0.152. The van der Waals surface area contributed by atoms with Gasteiger partial charge in [-0.05, 0) is 5.75 Å². The van der Waals surface area contributed by atoms with Gasteiger partial charge in [0.2, 0.25) is 0 Å². The van der Waals surface area contributed by atoms with Crippen molar-refractivity contribution in [3.05, 3.63) is 0 Å². The maximum Gasteiger partial charge on any atom is 0.572 e. The Balaban J connectivity index is 3.87. The fraction of sp³-hybridized carbons (Fsp3) is 1.00. The normalized spacial score (nSPS) is 12.0. The summed E-state index contributed by atoms with van der Waals surface area (Å²) in [7, 11) is 2.54. The quantitative estimate of drug-likeness (QED) is 0.595. The minimum absolute atomic E-state index is 0.946. The zero-order valence-electron chi connectivity index (χ0n) is 6.84. The summed E-state index contributed by atoms with van der Waals surface area (Å²) in [5.41, 5.74) is 0. The summed E-state index contributed by atoms with van der Waals surface area (Å²) in [6, 6.07) is 0. The van der Waals surface area contributed by atoms with Gasteiger partial charge < -0.3 is 13.3 Å². The summed E-state index contributed by atoms with van der Waals surface area (Å²) in [6.07, 6.45) is 0. The molecule has 0 aliphatic heterocycles. The predicted molar refractivity (Wildman–Crippen MR) is 44.9 cm³/mol. The van der Waals surface area contributed by atoms with E-state index in [1.54, 1.807) is 32.5 Å². The number of rotatable bonds is 5. The molecule has 62 valence electrons. The van der Waals surface area contributed by atoms with Gasteiger partial charge >= 0.3 is 7.95 Å². The first kappa shape index (κ1) is 10.4. The standard InChI is InChI=1S/C5H14O3SSi/c1-5-9-10(6-2,7-3)8-4/h5H2,1-4H3. The van der Waals surface area contributed by atoms with Crippen LogP contribution in [0, 0.1) is 0 Å². The molecule has 0 N–H and O–H groups in total. The molecule has 0 fully saturated rings. The van der Waals surface area contributed by atoms with Gasteiger partial charge in [0.1, 0.15) is 0 Å². The Kier molecular flexibility index (Phi) is 5.37. The van der Waals surface area contributed by atoms with Crippen molar-refractivity contribution < 1.29 is 13.3 Å². The highest BCUT2D eigenvalue weighted by atomic mass is 32.4. The second-order valence-electron chi connectivity index (χ2n) is 1.55. The predicted octanol–water partition coefficient (Wildman–Crippen LogP) is 1.11. The van der Waals surface area contributed by atoms with E-state index in [-0.39, 0.29) is 0 Å². The molecule has 0 aliphatic carbocycles. The van der Waals surface area contributed by atoms with Crippen LogP contribution < -0.4 is 0 Å². The summed E-state index contributed by atoms with van der Waals surface area (Å²) in [6.45, 7) is 2.05. The van der Waals surface area contributed by atoms with E-state index < -0.39 is 7.95 Å². The lowest BCUT2D eigenvalue weighted by Gasteiger charge is -2.21. The van der Waals surface area contributed by atoms with Crippen molar-refractivity contribution in [2.75, 3.05) is 27.1 Å². The minimum atomic E-state index is -2.30. The van der Waals surface area contributed by atoms with Gasteiger partial charge in [-0.25, -0.2) is 0 Å². The highest BCUT2D eigenvalue weighted by Gasteiger charge is 2.38. The zero-order valence-corrected chi connectivity index (χ0v) is 8.66. The summed E-state index contributed by atoms with van der Waals surface area (Å²) in [4.78, 5) is 0. The van der Waals surface area contributed by atoms with E-state index in [2.05, 4.69) is 0 Å². The molecule has 0 atom stereocenters. The fourth-order valence-corrected chi connectivity index (χ4v) is 3.93. The van der Waals surface area contributed by atoms with Crippen LogP contribution in [0.5, 0.6) is 0 Å². The maximum absolute atomic E-state index is 5.13. The third kappa shape index (κ3) is 2.59. The molecule has 0 saturated heterocycles. The fourth-order valence-electron chi connectivity index (χ4n) is 0.604. The minimum Gasteiger partial charge on any atom is -0.369 e. The Morgan fingerprint density at radius 3 is 1.60 bits per heavy atom. The summed E-state index contributed by atoms with van der Waals surface area (Å²) in [5.74, 6) is 0.946. The molecule has 0 aromatic rings. The van der Waals surface area contributed by atoms with Crippen molar-refractivity contribution in [1.82, 2.24) is 0 Å². The van der Waals surface area contributed by atoms with Crippen molar-refractivity contribution in [1.29, 1.82) is 0 Å². The third-order valence-electron chi connectivity index (χ3n) is 1.07. The lowest BCUT2D eigenvalue weighted by Crippen LogP contribution is -2.39. The molecule has 0 radical (unpaired) electrons. The van der Waals surface area contributed by atoms with E-state index in [9.17, 15) is 0 Å². The van der Waals surface area contributed by atoms with E-state index in [1.165, 1.54) is 0 Å². The molecule has 0 unspecified atom stereocenters. The van der Waals surface area contributed by atoms with Gasteiger partial charge in [-0.1, -0.05) is 18.1 Å². The van der Waals surface area contributed by atoms with Crippen LogP contribution in [0.25, 0.3) is 0 Å². The molecule has 0 aromatic heterocycles. The SMILES string of the molecule is CCS[Si](OC)(OC)OC. The Labute approximate surface area is 67.1 Å². The molecule has 0 saturated carbocycles. The number of hydrogen-bond donors (Lipinski definition) is 0. The number of hydrogen-bond acceptors (Lipinski definition) is 4. The van der Waals surface area contributed by atoms with E-state index >= 15 is 0 Å². The maximum atomic E-state index is 5.13. The molecule has 0 bridgehead atoms. The average Bonchev–Trinajstić information content (AvgIpc) is 2.01. The van der Waals surface area contributed by atoms with Crippen LogP contribution in [0.4, 0.5) is 0 Å². The monoisotopic (exact) mass is 182 g/mol. The molecule has 5 heteroatoms. The highest BCUT2D eigenvalue weighted by molar-refractivity contribution is 8.26. The second kappa shape index (κ2) is 5.14. The first-order chi connectivity index (χ1) is 4.74. The lowest BCUT2D eigenvalue weighted by atomic mass is 11.0. The molecular weight excluding hydrogens is 168 g/mol.